The molecule has 0 unspecified atom stereocenters. The zero-order chi connectivity index (χ0) is 14.4. The van der Waals surface area contributed by atoms with Crippen LogP contribution in [0, 0.1) is 0 Å². The topological polar surface area (TPSA) is 71.4 Å². The fourth-order valence-corrected chi connectivity index (χ4v) is 2.37. The van der Waals surface area contributed by atoms with Gasteiger partial charge in [-0.05, 0) is 30.2 Å². The smallest absolute Gasteiger partial charge is 0.264 e. The molecule has 0 spiro atoms. The van der Waals surface area contributed by atoms with Crippen LogP contribution in [0.15, 0.2) is 58.8 Å². The molecule has 0 amide bonds. The van der Waals surface area contributed by atoms with Gasteiger partial charge >= 0.3 is 0 Å². The Labute approximate surface area is 118 Å². The Balaban J connectivity index is 2.09. The molecular formula is C14H15N3O2S. The molecule has 0 aliphatic rings. The van der Waals surface area contributed by atoms with E-state index in [1.165, 1.54) is 6.21 Å². The molecular weight excluding hydrogens is 274 g/mol. The summed E-state index contributed by atoms with van der Waals surface area (Å²) in [5.74, 6) is 0. The quantitative estimate of drug-likeness (QED) is 0.675. The zero-order valence-electron chi connectivity index (χ0n) is 11.0. The van der Waals surface area contributed by atoms with Crippen LogP contribution in [0.1, 0.15) is 18.1 Å². The number of nitrogens with one attached hydrogen (secondary N) is 1. The van der Waals surface area contributed by atoms with Crippen LogP contribution in [0.4, 0.5) is 0 Å². The van der Waals surface area contributed by atoms with Crippen LogP contribution in [0.2, 0.25) is 0 Å². The van der Waals surface area contributed by atoms with Gasteiger partial charge in [0.05, 0.1) is 11.1 Å². The highest BCUT2D eigenvalue weighted by atomic mass is 32.2. The first-order chi connectivity index (χ1) is 9.62. The Morgan fingerprint density at radius 2 is 2.00 bits per heavy atom. The highest BCUT2D eigenvalue weighted by Gasteiger charge is 2.11. The van der Waals surface area contributed by atoms with E-state index in [4.69, 9.17) is 0 Å². The molecule has 1 aromatic carbocycles. The van der Waals surface area contributed by atoms with Gasteiger partial charge in [0, 0.05) is 18.0 Å². The third-order valence-electron chi connectivity index (χ3n) is 2.71. The molecule has 0 bridgehead atoms. The normalized spacial score (nSPS) is 11.7. The molecule has 6 heteroatoms. The molecule has 1 heterocycles. The van der Waals surface area contributed by atoms with E-state index in [0.29, 0.717) is 0 Å². The molecule has 0 saturated heterocycles. The van der Waals surface area contributed by atoms with Crippen molar-refractivity contribution >= 4 is 16.2 Å². The number of nitrogens with zero attached hydrogens (tertiary/aromatic N) is 2. The van der Waals surface area contributed by atoms with Crippen molar-refractivity contribution in [1.29, 1.82) is 0 Å². The lowest BCUT2D eigenvalue weighted by Gasteiger charge is -2.04. The molecule has 2 rings (SSSR count). The lowest BCUT2D eigenvalue weighted by molar-refractivity contribution is 0.584. The Bertz CT molecular complexity index is 680. The second-order valence-electron chi connectivity index (χ2n) is 4.14. The minimum absolute atomic E-state index is 0.193. The van der Waals surface area contributed by atoms with Crippen molar-refractivity contribution in [2.45, 2.75) is 18.2 Å². The molecule has 0 aliphatic heterocycles. The fraction of sp³-hybridized carbons (Fsp3) is 0.143. The third-order valence-corrected chi connectivity index (χ3v) is 3.95. The van der Waals surface area contributed by atoms with Crippen molar-refractivity contribution in [3.8, 4) is 0 Å². The molecule has 5 nitrogen and oxygen atoms in total. The highest BCUT2D eigenvalue weighted by molar-refractivity contribution is 7.89. The Hall–Kier alpha value is -2.21. The van der Waals surface area contributed by atoms with Gasteiger partial charge in [-0.25, -0.2) is 4.83 Å². The number of hydrogen-bond acceptors (Lipinski definition) is 4. The summed E-state index contributed by atoms with van der Waals surface area (Å²) >= 11 is 0. The summed E-state index contributed by atoms with van der Waals surface area (Å²) in [4.78, 5) is 6.28. The lowest BCUT2D eigenvalue weighted by Crippen LogP contribution is -2.18. The van der Waals surface area contributed by atoms with Gasteiger partial charge in [0.2, 0.25) is 0 Å². The standard InChI is InChI=1S/C14H15N3O2S/c1-2-12-5-7-14(8-6-12)20(18,19)17-16-11-13-4-3-9-15-10-13/h3-11,17H,2H2,1H3. The number of rotatable bonds is 5. The first-order valence-electron chi connectivity index (χ1n) is 6.15. The minimum atomic E-state index is -3.62. The van der Waals surface area contributed by atoms with Crippen LogP contribution in [0.5, 0.6) is 0 Å². The number of sulfonamides is 1. The fourth-order valence-electron chi connectivity index (χ4n) is 1.58. The first-order valence-corrected chi connectivity index (χ1v) is 7.64. The van der Waals surface area contributed by atoms with E-state index >= 15 is 0 Å². The lowest BCUT2D eigenvalue weighted by atomic mass is 10.2. The second kappa shape index (κ2) is 6.29. The summed E-state index contributed by atoms with van der Waals surface area (Å²) in [7, 11) is -3.62. The van der Waals surface area contributed by atoms with Crippen molar-refractivity contribution in [1.82, 2.24) is 9.82 Å². The highest BCUT2D eigenvalue weighted by Crippen LogP contribution is 2.10. The molecule has 0 fully saturated rings. The van der Waals surface area contributed by atoms with Crippen LogP contribution in [-0.4, -0.2) is 19.6 Å². The average Bonchev–Trinajstić information content (AvgIpc) is 2.48. The first kappa shape index (κ1) is 14.2. The summed E-state index contributed by atoms with van der Waals surface area (Å²) in [6.07, 6.45) is 5.50. The summed E-state index contributed by atoms with van der Waals surface area (Å²) < 4.78 is 24.0. The zero-order valence-corrected chi connectivity index (χ0v) is 11.8. The Kier molecular flexibility index (Phi) is 4.47. The summed E-state index contributed by atoms with van der Waals surface area (Å²) in [6, 6.07) is 10.3. The van der Waals surface area contributed by atoms with E-state index < -0.39 is 10.0 Å². The molecule has 0 aliphatic carbocycles. The maximum absolute atomic E-state index is 12.0. The van der Waals surface area contributed by atoms with Gasteiger partial charge in [-0.15, -0.1) is 0 Å². The van der Waals surface area contributed by atoms with Gasteiger partial charge in [-0.1, -0.05) is 25.1 Å². The largest absolute Gasteiger partial charge is 0.276 e. The molecule has 1 N–H and O–H groups in total. The number of hydrogen-bond donors (Lipinski definition) is 1. The van der Waals surface area contributed by atoms with Crippen LogP contribution in [0.3, 0.4) is 0 Å². The monoisotopic (exact) mass is 289 g/mol. The maximum atomic E-state index is 12.0. The average molecular weight is 289 g/mol. The van der Waals surface area contributed by atoms with Gasteiger partial charge in [0.1, 0.15) is 0 Å². The Morgan fingerprint density at radius 3 is 2.60 bits per heavy atom. The molecule has 0 saturated carbocycles. The van der Waals surface area contributed by atoms with Gasteiger partial charge < -0.3 is 0 Å². The van der Waals surface area contributed by atoms with Gasteiger partial charge in [-0.2, -0.15) is 13.5 Å². The van der Waals surface area contributed by atoms with Crippen LogP contribution < -0.4 is 4.83 Å². The SMILES string of the molecule is CCc1ccc(S(=O)(=O)NN=Cc2cccnc2)cc1. The van der Waals surface area contributed by atoms with Crippen molar-refractivity contribution in [2.24, 2.45) is 5.10 Å². The number of hydrazone groups is 1. The molecule has 104 valence electrons. The molecule has 0 radical (unpaired) electrons. The molecule has 0 atom stereocenters. The number of aromatic nitrogens is 1. The van der Waals surface area contributed by atoms with Crippen LogP contribution in [0.25, 0.3) is 0 Å². The van der Waals surface area contributed by atoms with Gasteiger partial charge in [0.25, 0.3) is 10.0 Å². The van der Waals surface area contributed by atoms with Crippen LogP contribution in [-0.2, 0) is 16.4 Å². The third kappa shape index (κ3) is 3.64. The van der Waals surface area contributed by atoms with Crippen LogP contribution >= 0.6 is 0 Å². The molecule has 20 heavy (non-hydrogen) atoms. The summed E-state index contributed by atoms with van der Waals surface area (Å²) in [5.41, 5.74) is 1.80. The second-order valence-corrected chi connectivity index (χ2v) is 5.80. The van der Waals surface area contributed by atoms with Crippen molar-refractivity contribution in [3.05, 3.63) is 59.9 Å². The van der Waals surface area contributed by atoms with Gasteiger partial charge in [-0.3, -0.25) is 4.98 Å². The summed E-state index contributed by atoms with van der Waals surface area (Å²) in [6.45, 7) is 2.01. The molecule has 1 aromatic heterocycles. The van der Waals surface area contributed by atoms with Crippen molar-refractivity contribution in [3.63, 3.8) is 0 Å². The predicted molar refractivity (Wildman–Crippen MR) is 78.0 cm³/mol. The van der Waals surface area contributed by atoms with E-state index in [9.17, 15) is 8.42 Å². The van der Waals surface area contributed by atoms with E-state index in [-0.39, 0.29) is 4.90 Å². The summed E-state index contributed by atoms with van der Waals surface area (Å²) in [5, 5.41) is 3.73. The molecule has 2 aromatic rings. The van der Waals surface area contributed by atoms with E-state index in [2.05, 4.69) is 14.9 Å². The van der Waals surface area contributed by atoms with E-state index in [0.717, 1.165) is 17.5 Å². The van der Waals surface area contributed by atoms with E-state index in [1.54, 1.807) is 48.8 Å². The number of benzene rings is 1. The predicted octanol–water partition coefficient (Wildman–Crippen LogP) is 1.96. The van der Waals surface area contributed by atoms with E-state index in [1.807, 2.05) is 6.92 Å². The van der Waals surface area contributed by atoms with Crippen molar-refractivity contribution in [2.75, 3.05) is 0 Å². The van der Waals surface area contributed by atoms with Gasteiger partial charge in [0.15, 0.2) is 0 Å². The number of aryl methyl sites for hydroxylation is 1. The van der Waals surface area contributed by atoms with Crippen molar-refractivity contribution < 1.29 is 8.42 Å². The number of pyridine rings is 1. The Morgan fingerprint density at radius 1 is 1.25 bits per heavy atom. The maximum Gasteiger partial charge on any atom is 0.276 e. The minimum Gasteiger partial charge on any atom is -0.264 e.